The van der Waals surface area contributed by atoms with E-state index in [0.717, 1.165) is 28.5 Å². The van der Waals surface area contributed by atoms with Gasteiger partial charge in [-0.05, 0) is 30.5 Å². The Hall–Kier alpha value is -1.88. The number of nitrogens with zero attached hydrogens (tertiary/aromatic N) is 1. The molecule has 19 heavy (non-hydrogen) atoms. The van der Waals surface area contributed by atoms with Crippen LogP contribution in [0.5, 0.6) is 0 Å². The lowest BCUT2D eigenvalue weighted by atomic mass is 10.2. The summed E-state index contributed by atoms with van der Waals surface area (Å²) in [6.45, 7) is 2.76. The van der Waals surface area contributed by atoms with E-state index in [4.69, 9.17) is 0 Å². The summed E-state index contributed by atoms with van der Waals surface area (Å²) in [7, 11) is 0. The fourth-order valence-electron chi connectivity index (χ4n) is 2.05. The number of nitrogens with one attached hydrogen (secondary N) is 2. The normalized spacial score (nSPS) is 17.6. The van der Waals surface area contributed by atoms with Crippen molar-refractivity contribution in [2.75, 3.05) is 17.7 Å². The van der Waals surface area contributed by atoms with E-state index in [2.05, 4.69) is 16.4 Å². The molecule has 1 aliphatic heterocycles. The first-order valence-corrected chi connectivity index (χ1v) is 7.22. The summed E-state index contributed by atoms with van der Waals surface area (Å²) in [5.74, 6) is 0.861. The Bertz CT molecular complexity index is 647. The van der Waals surface area contributed by atoms with Crippen LogP contribution in [0.4, 0.5) is 5.69 Å². The van der Waals surface area contributed by atoms with Crippen molar-refractivity contribution in [2.45, 2.75) is 6.92 Å². The molecule has 2 N–H and O–H groups in total. The van der Waals surface area contributed by atoms with Gasteiger partial charge >= 0.3 is 0 Å². The number of amides is 1. The Morgan fingerprint density at radius 1 is 1.47 bits per heavy atom. The van der Waals surface area contributed by atoms with Crippen LogP contribution in [0.2, 0.25) is 0 Å². The summed E-state index contributed by atoms with van der Waals surface area (Å²) < 4.78 is 0. The quantitative estimate of drug-likeness (QED) is 0.845. The minimum Gasteiger partial charge on any atom is -0.361 e. The summed E-state index contributed by atoms with van der Waals surface area (Å²) >= 11 is 1.57. The van der Waals surface area contributed by atoms with Gasteiger partial charge < -0.3 is 15.2 Å². The van der Waals surface area contributed by atoms with Gasteiger partial charge in [0.15, 0.2) is 0 Å². The number of hydrogen-bond donors (Lipinski definition) is 2. The van der Waals surface area contributed by atoms with Crippen LogP contribution in [0, 0.1) is 0 Å². The van der Waals surface area contributed by atoms with E-state index in [1.807, 2.05) is 36.2 Å². The third-order valence-corrected chi connectivity index (χ3v) is 4.22. The summed E-state index contributed by atoms with van der Waals surface area (Å²) in [6.07, 6.45) is 3.72. The highest BCUT2D eigenvalue weighted by Gasteiger charge is 2.24. The largest absolute Gasteiger partial charge is 0.361 e. The summed E-state index contributed by atoms with van der Waals surface area (Å²) in [5.41, 5.74) is 2.06. The second-order valence-electron chi connectivity index (χ2n) is 4.37. The average molecular weight is 273 g/mol. The highest BCUT2D eigenvalue weighted by Crippen LogP contribution is 2.27. The number of thioether (sulfide) groups is 1. The molecular formula is C14H15N3OS. The number of H-pyrrole nitrogens is 1. The Balaban J connectivity index is 1.76. The third kappa shape index (κ3) is 2.33. The molecule has 0 bridgehead atoms. The SMILES string of the molecule is CCN1CSC(=CNc2ccc3cc[nH]c3c2)C1=O. The summed E-state index contributed by atoms with van der Waals surface area (Å²) in [6, 6.07) is 8.13. The second kappa shape index (κ2) is 5.01. The van der Waals surface area contributed by atoms with Gasteiger partial charge in [0.05, 0.1) is 10.8 Å². The number of benzene rings is 1. The number of aromatic nitrogens is 1. The highest BCUT2D eigenvalue weighted by atomic mass is 32.2. The van der Waals surface area contributed by atoms with Crippen molar-refractivity contribution in [1.29, 1.82) is 0 Å². The first-order valence-electron chi connectivity index (χ1n) is 6.24. The van der Waals surface area contributed by atoms with Gasteiger partial charge in [-0.1, -0.05) is 17.8 Å². The minimum absolute atomic E-state index is 0.112. The molecule has 0 aliphatic carbocycles. The number of carbonyl (C=O) groups is 1. The number of hydrogen-bond acceptors (Lipinski definition) is 3. The zero-order chi connectivity index (χ0) is 13.2. The first-order chi connectivity index (χ1) is 9.28. The second-order valence-corrected chi connectivity index (χ2v) is 5.35. The van der Waals surface area contributed by atoms with E-state index in [9.17, 15) is 4.79 Å². The van der Waals surface area contributed by atoms with Crippen molar-refractivity contribution in [3.8, 4) is 0 Å². The van der Waals surface area contributed by atoms with Gasteiger partial charge in [0.2, 0.25) is 0 Å². The van der Waals surface area contributed by atoms with Gasteiger partial charge in [-0.25, -0.2) is 0 Å². The predicted molar refractivity (Wildman–Crippen MR) is 79.8 cm³/mol. The van der Waals surface area contributed by atoms with Crippen LogP contribution >= 0.6 is 11.8 Å². The number of likely N-dealkylation sites (N-methyl/N-ethyl adjacent to an activating group) is 1. The molecule has 0 atom stereocenters. The summed E-state index contributed by atoms with van der Waals surface area (Å²) in [4.78, 5) is 17.7. The van der Waals surface area contributed by atoms with Crippen molar-refractivity contribution < 1.29 is 4.79 Å². The monoisotopic (exact) mass is 273 g/mol. The lowest BCUT2D eigenvalue weighted by molar-refractivity contribution is -0.124. The number of anilines is 1. The molecule has 3 rings (SSSR count). The molecule has 0 spiro atoms. The maximum atomic E-state index is 11.9. The van der Waals surface area contributed by atoms with E-state index in [0.29, 0.717) is 0 Å². The molecule has 2 heterocycles. The van der Waals surface area contributed by atoms with Crippen molar-refractivity contribution in [1.82, 2.24) is 9.88 Å². The van der Waals surface area contributed by atoms with Gasteiger partial charge in [-0.3, -0.25) is 4.79 Å². The number of rotatable bonds is 3. The molecule has 1 aromatic carbocycles. The van der Waals surface area contributed by atoms with Gasteiger partial charge in [-0.2, -0.15) is 0 Å². The smallest absolute Gasteiger partial charge is 0.262 e. The molecule has 1 aliphatic rings. The number of fused-ring (bicyclic) bond motifs is 1. The van der Waals surface area contributed by atoms with Crippen LogP contribution < -0.4 is 5.32 Å². The highest BCUT2D eigenvalue weighted by molar-refractivity contribution is 8.04. The van der Waals surface area contributed by atoms with Crippen LogP contribution in [-0.4, -0.2) is 28.2 Å². The van der Waals surface area contributed by atoms with Crippen LogP contribution in [0.25, 0.3) is 10.9 Å². The molecule has 2 aromatic rings. The Morgan fingerprint density at radius 2 is 2.37 bits per heavy atom. The fourth-order valence-corrected chi connectivity index (χ4v) is 3.04. The van der Waals surface area contributed by atoms with Crippen LogP contribution in [0.1, 0.15) is 6.92 Å². The number of aromatic amines is 1. The average Bonchev–Trinajstić information content (AvgIpc) is 3.02. The van der Waals surface area contributed by atoms with Gasteiger partial charge in [0.1, 0.15) is 0 Å². The lowest BCUT2D eigenvalue weighted by Crippen LogP contribution is -2.24. The molecule has 0 unspecified atom stereocenters. The van der Waals surface area contributed by atoms with E-state index < -0.39 is 0 Å². The van der Waals surface area contributed by atoms with E-state index in [1.165, 1.54) is 5.39 Å². The van der Waals surface area contributed by atoms with Gasteiger partial charge in [0, 0.05) is 30.1 Å². The van der Waals surface area contributed by atoms with Gasteiger partial charge in [-0.15, -0.1) is 0 Å². The van der Waals surface area contributed by atoms with Crippen molar-refractivity contribution in [2.24, 2.45) is 0 Å². The zero-order valence-corrected chi connectivity index (χ0v) is 11.5. The molecule has 5 heteroatoms. The first kappa shape index (κ1) is 12.2. The predicted octanol–water partition coefficient (Wildman–Crippen LogP) is 2.97. The van der Waals surface area contributed by atoms with Crippen LogP contribution in [0.15, 0.2) is 41.6 Å². The third-order valence-electron chi connectivity index (χ3n) is 3.18. The van der Waals surface area contributed by atoms with Crippen LogP contribution in [-0.2, 0) is 4.79 Å². The molecule has 1 aromatic heterocycles. The van der Waals surface area contributed by atoms with Crippen molar-refractivity contribution >= 4 is 34.3 Å². The molecule has 1 saturated heterocycles. The Morgan fingerprint density at radius 3 is 3.16 bits per heavy atom. The molecule has 1 amide bonds. The fraction of sp³-hybridized carbons (Fsp3) is 0.214. The standard InChI is InChI=1S/C14H15N3OS/c1-2-17-9-19-13(14(17)18)8-16-11-4-3-10-5-6-15-12(10)7-11/h3-8,15-16H,2,9H2,1H3. The topological polar surface area (TPSA) is 48.1 Å². The molecule has 98 valence electrons. The molecule has 0 saturated carbocycles. The Kier molecular flexibility index (Phi) is 3.21. The maximum absolute atomic E-state index is 11.9. The minimum atomic E-state index is 0.112. The number of carbonyl (C=O) groups excluding carboxylic acids is 1. The lowest BCUT2D eigenvalue weighted by Gasteiger charge is -2.09. The molecule has 4 nitrogen and oxygen atoms in total. The molecule has 0 radical (unpaired) electrons. The van der Waals surface area contributed by atoms with Crippen LogP contribution in [0.3, 0.4) is 0 Å². The van der Waals surface area contributed by atoms with E-state index >= 15 is 0 Å². The maximum Gasteiger partial charge on any atom is 0.262 e. The summed E-state index contributed by atoms with van der Waals surface area (Å²) in [5, 5.41) is 4.38. The Labute approximate surface area is 115 Å². The molecule has 1 fully saturated rings. The van der Waals surface area contributed by atoms with Gasteiger partial charge in [0.25, 0.3) is 5.91 Å². The zero-order valence-electron chi connectivity index (χ0n) is 10.6. The van der Waals surface area contributed by atoms with E-state index in [-0.39, 0.29) is 5.91 Å². The molecular weight excluding hydrogens is 258 g/mol. The van der Waals surface area contributed by atoms with E-state index in [1.54, 1.807) is 18.0 Å². The van der Waals surface area contributed by atoms with Crippen molar-refractivity contribution in [3.63, 3.8) is 0 Å². The van der Waals surface area contributed by atoms with Crippen molar-refractivity contribution in [3.05, 3.63) is 41.6 Å².